The Balaban J connectivity index is 2.24. The van der Waals surface area contributed by atoms with Crippen LogP contribution in [0.15, 0.2) is 0 Å². The second-order valence-corrected chi connectivity index (χ2v) is 4.87. The van der Waals surface area contributed by atoms with E-state index in [1.807, 2.05) is 6.92 Å². The summed E-state index contributed by atoms with van der Waals surface area (Å²) >= 11 is 0. The highest BCUT2D eigenvalue weighted by atomic mass is 16.5. The summed E-state index contributed by atoms with van der Waals surface area (Å²) in [5, 5.41) is 11.6. The lowest BCUT2D eigenvalue weighted by Crippen LogP contribution is -2.40. The first-order valence-corrected chi connectivity index (χ1v) is 6.73. The molecule has 2 atom stereocenters. The zero-order valence-electron chi connectivity index (χ0n) is 11.0. The Morgan fingerprint density at radius 2 is 2.28 bits per heavy atom. The number of rotatable bonds is 8. The maximum absolute atomic E-state index is 11.7. The minimum Gasteiger partial charge on any atom is -0.480 e. The van der Waals surface area contributed by atoms with Gasteiger partial charge in [-0.25, -0.2) is 4.79 Å². The van der Waals surface area contributed by atoms with Crippen molar-refractivity contribution in [2.75, 3.05) is 13.2 Å². The molecule has 0 aromatic carbocycles. The zero-order chi connectivity index (χ0) is 13.4. The van der Waals surface area contributed by atoms with E-state index in [0.717, 1.165) is 38.9 Å². The molecule has 1 heterocycles. The van der Waals surface area contributed by atoms with Crippen molar-refractivity contribution in [1.82, 2.24) is 5.32 Å². The Hall–Kier alpha value is -1.10. The summed E-state index contributed by atoms with van der Waals surface area (Å²) in [7, 11) is 0. The topological polar surface area (TPSA) is 75.6 Å². The van der Waals surface area contributed by atoms with Gasteiger partial charge in [0, 0.05) is 19.6 Å². The van der Waals surface area contributed by atoms with Crippen molar-refractivity contribution in [2.45, 2.75) is 51.5 Å². The molecule has 1 saturated heterocycles. The molecule has 1 rings (SSSR count). The number of nitrogens with one attached hydrogen (secondary N) is 1. The molecule has 0 aliphatic carbocycles. The van der Waals surface area contributed by atoms with Gasteiger partial charge in [0.15, 0.2) is 0 Å². The third-order valence-electron chi connectivity index (χ3n) is 3.28. The predicted octanol–water partition coefficient (Wildman–Crippen LogP) is 1.56. The molecule has 104 valence electrons. The van der Waals surface area contributed by atoms with Gasteiger partial charge in [-0.1, -0.05) is 19.8 Å². The SMILES string of the molecule is CCCCC(NC(=O)CCC1CCOC1)C(=O)O. The van der Waals surface area contributed by atoms with Gasteiger partial charge >= 0.3 is 5.97 Å². The second kappa shape index (κ2) is 8.08. The highest BCUT2D eigenvalue weighted by Gasteiger charge is 2.21. The molecule has 2 unspecified atom stereocenters. The molecule has 0 radical (unpaired) electrons. The Bertz CT molecular complexity index is 274. The zero-order valence-corrected chi connectivity index (χ0v) is 11.0. The minimum atomic E-state index is -0.944. The van der Waals surface area contributed by atoms with Crippen LogP contribution in [0.25, 0.3) is 0 Å². The molecular weight excluding hydrogens is 234 g/mol. The van der Waals surface area contributed by atoms with E-state index in [4.69, 9.17) is 9.84 Å². The number of unbranched alkanes of at least 4 members (excludes halogenated alkanes) is 1. The largest absolute Gasteiger partial charge is 0.480 e. The fourth-order valence-electron chi connectivity index (χ4n) is 2.08. The van der Waals surface area contributed by atoms with Crippen LogP contribution in [0.1, 0.15) is 45.4 Å². The molecule has 1 aliphatic rings. The second-order valence-electron chi connectivity index (χ2n) is 4.87. The van der Waals surface area contributed by atoms with Gasteiger partial charge in [-0.05, 0) is 25.2 Å². The van der Waals surface area contributed by atoms with Crippen LogP contribution in [0.2, 0.25) is 0 Å². The summed E-state index contributed by atoms with van der Waals surface area (Å²) in [6.45, 7) is 3.51. The summed E-state index contributed by atoms with van der Waals surface area (Å²) in [6.07, 6.45) is 4.43. The van der Waals surface area contributed by atoms with E-state index < -0.39 is 12.0 Å². The van der Waals surface area contributed by atoms with Crippen molar-refractivity contribution in [3.8, 4) is 0 Å². The Labute approximate surface area is 108 Å². The third-order valence-corrected chi connectivity index (χ3v) is 3.28. The standard InChI is InChI=1S/C13H23NO4/c1-2-3-4-11(13(16)17)14-12(15)6-5-10-7-8-18-9-10/h10-11H,2-9H2,1H3,(H,14,15)(H,16,17). The fourth-order valence-corrected chi connectivity index (χ4v) is 2.08. The first-order valence-electron chi connectivity index (χ1n) is 6.73. The Morgan fingerprint density at radius 3 is 2.83 bits per heavy atom. The number of carbonyl (C=O) groups is 2. The van der Waals surface area contributed by atoms with Crippen molar-refractivity contribution in [3.63, 3.8) is 0 Å². The molecule has 0 bridgehead atoms. The van der Waals surface area contributed by atoms with Gasteiger partial charge in [0.25, 0.3) is 0 Å². The van der Waals surface area contributed by atoms with Crippen LogP contribution in [-0.2, 0) is 14.3 Å². The highest BCUT2D eigenvalue weighted by molar-refractivity contribution is 5.83. The number of hydrogen-bond acceptors (Lipinski definition) is 3. The summed E-state index contributed by atoms with van der Waals surface area (Å²) in [5.41, 5.74) is 0. The van der Waals surface area contributed by atoms with E-state index in [1.54, 1.807) is 0 Å². The molecule has 0 saturated carbocycles. The van der Waals surface area contributed by atoms with Crippen molar-refractivity contribution < 1.29 is 19.4 Å². The molecule has 1 aliphatic heterocycles. The van der Waals surface area contributed by atoms with E-state index in [9.17, 15) is 9.59 Å². The normalized spacial score (nSPS) is 20.6. The summed E-state index contributed by atoms with van der Waals surface area (Å²) in [4.78, 5) is 22.6. The molecular formula is C13H23NO4. The molecule has 0 aromatic heterocycles. The molecule has 1 amide bonds. The number of carbonyl (C=O) groups excluding carboxylic acids is 1. The van der Waals surface area contributed by atoms with Crippen molar-refractivity contribution in [3.05, 3.63) is 0 Å². The van der Waals surface area contributed by atoms with Crippen molar-refractivity contribution >= 4 is 11.9 Å². The monoisotopic (exact) mass is 257 g/mol. The number of aliphatic carboxylic acids is 1. The van der Waals surface area contributed by atoms with Gasteiger partial charge in [0.05, 0.1) is 0 Å². The molecule has 0 aromatic rings. The van der Waals surface area contributed by atoms with Crippen LogP contribution in [0.5, 0.6) is 0 Å². The molecule has 0 spiro atoms. The maximum atomic E-state index is 11.7. The number of hydrogen-bond donors (Lipinski definition) is 2. The van der Waals surface area contributed by atoms with E-state index in [0.29, 0.717) is 18.8 Å². The van der Waals surface area contributed by atoms with Gasteiger partial charge in [0.2, 0.25) is 5.91 Å². The van der Waals surface area contributed by atoms with E-state index in [-0.39, 0.29) is 5.91 Å². The smallest absolute Gasteiger partial charge is 0.326 e. The van der Waals surface area contributed by atoms with Gasteiger partial charge < -0.3 is 15.2 Å². The highest BCUT2D eigenvalue weighted by Crippen LogP contribution is 2.17. The average molecular weight is 257 g/mol. The Kier molecular flexibility index (Phi) is 6.72. The van der Waals surface area contributed by atoms with E-state index in [2.05, 4.69) is 5.32 Å². The molecule has 5 heteroatoms. The molecule has 5 nitrogen and oxygen atoms in total. The summed E-state index contributed by atoms with van der Waals surface area (Å²) in [6, 6.07) is -0.739. The van der Waals surface area contributed by atoms with Crippen molar-refractivity contribution in [1.29, 1.82) is 0 Å². The lowest BCUT2D eigenvalue weighted by atomic mass is 10.0. The summed E-state index contributed by atoms with van der Waals surface area (Å²) in [5.74, 6) is -0.652. The number of carboxylic acid groups (broad SMARTS) is 1. The summed E-state index contributed by atoms with van der Waals surface area (Å²) < 4.78 is 5.24. The number of ether oxygens (including phenoxy) is 1. The number of amides is 1. The third kappa shape index (κ3) is 5.49. The van der Waals surface area contributed by atoms with E-state index in [1.165, 1.54) is 0 Å². The molecule has 1 fully saturated rings. The van der Waals surface area contributed by atoms with Gasteiger partial charge in [0.1, 0.15) is 6.04 Å². The lowest BCUT2D eigenvalue weighted by Gasteiger charge is -2.14. The molecule has 18 heavy (non-hydrogen) atoms. The fraction of sp³-hybridized carbons (Fsp3) is 0.846. The first kappa shape index (κ1) is 15.0. The van der Waals surface area contributed by atoms with Crippen LogP contribution in [0.4, 0.5) is 0 Å². The number of carboxylic acids is 1. The van der Waals surface area contributed by atoms with Gasteiger partial charge in [-0.15, -0.1) is 0 Å². The van der Waals surface area contributed by atoms with Gasteiger partial charge in [-0.3, -0.25) is 4.79 Å². The van der Waals surface area contributed by atoms with Crippen LogP contribution in [0.3, 0.4) is 0 Å². The van der Waals surface area contributed by atoms with Gasteiger partial charge in [-0.2, -0.15) is 0 Å². The minimum absolute atomic E-state index is 0.162. The van der Waals surface area contributed by atoms with Crippen LogP contribution < -0.4 is 5.32 Å². The maximum Gasteiger partial charge on any atom is 0.326 e. The van der Waals surface area contributed by atoms with Crippen LogP contribution in [0, 0.1) is 5.92 Å². The Morgan fingerprint density at radius 1 is 1.50 bits per heavy atom. The van der Waals surface area contributed by atoms with Crippen LogP contribution in [-0.4, -0.2) is 36.2 Å². The lowest BCUT2D eigenvalue weighted by molar-refractivity contribution is -0.142. The predicted molar refractivity (Wildman–Crippen MR) is 67.3 cm³/mol. The van der Waals surface area contributed by atoms with Crippen LogP contribution >= 0.6 is 0 Å². The van der Waals surface area contributed by atoms with Crippen molar-refractivity contribution in [2.24, 2.45) is 5.92 Å². The average Bonchev–Trinajstić information content (AvgIpc) is 2.84. The molecule has 2 N–H and O–H groups in total. The first-order chi connectivity index (χ1) is 8.63. The van der Waals surface area contributed by atoms with E-state index >= 15 is 0 Å². The quantitative estimate of drug-likeness (QED) is 0.692.